The minimum Gasteiger partial charge on any atom is -0.493 e. The molecule has 0 aliphatic carbocycles. The number of unbranched alkanes of at least 4 members (excludes halogenated alkanes) is 2. The molecule has 20 heavy (non-hydrogen) atoms. The molecule has 0 radical (unpaired) electrons. The van der Waals surface area contributed by atoms with Crippen LogP contribution in [0.1, 0.15) is 39.5 Å². The zero-order chi connectivity index (χ0) is 15.0. The summed E-state index contributed by atoms with van der Waals surface area (Å²) in [5, 5.41) is 0. The highest BCUT2D eigenvalue weighted by atomic mass is 16.5. The number of nitrogen functional groups attached to an aromatic ring is 1. The van der Waals surface area contributed by atoms with Gasteiger partial charge in [0.15, 0.2) is 11.5 Å². The summed E-state index contributed by atoms with van der Waals surface area (Å²) < 4.78 is 10.7. The Kier molecular flexibility index (Phi) is 7.05. The molecule has 0 aliphatic rings. The van der Waals surface area contributed by atoms with Crippen LogP contribution < -0.4 is 20.1 Å². The first-order valence-electron chi connectivity index (χ1n) is 7.44. The monoisotopic (exact) mass is 280 g/mol. The van der Waals surface area contributed by atoms with E-state index in [1.165, 1.54) is 12.8 Å². The lowest BCUT2D eigenvalue weighted by Crippen LogP contribution is -2.26. The molecule has 0 saturated heterocycles. The van der Waals surface area contributed by atoms with Gasteiger partial charge >= 0.3 is 0 Å². The van der Waals surface area contributed by atoms with Crippen LogP contribution in [0.4, 0.5) is 11.4 Å². The maximum atomic E-state index is 6.19. The van der Waals surface area contributed by atoms with Gasteiger partial charge in [-0.2, -0.15) is 0 Å². The summed E-state index contributed by atoms with van der Waals surface area (Å²) in [6.45, 7) is 6.46. The van der Waals surface area contributed by atoms with Crippen LogP contribution in [0.3, 0.4) is 0 Å². The van der Waals surface area contributed by atoms with Gasteiger partial charge in [-0.05, 0) is 12.8 Å². The topological polar surface area (TPSA) is 47.7 Å². The van der Waals surface area contributed by atoms with E-state index in [1.807, 2.05) is 12.1 Å². The number of hydrogen-bond donors (Lipinski definition) is 1. The van der Waals surface area contributed by atoms with Crippen LogP contribution in [0, 0.1) is 0 Å². The molecule has 0 aromatic heterocycles. The number of hydrogen-bond acceptors (Lipinski definition) is 4. The van der Waals surface area contributed by atoms with E-state index in [0.29, 0.717) is 5.75 Å². The maximum absolute atomic E-state index is 6.19. The van der Waals surface area contributed by atoms with Crippen LogP contribution in [0.15, 0.2) is 12.1 Å². The summed E-state index contributed by atoms with van der Waals surface area (Å²) in [6.07, 6.45) is 4.68. The molecular weight excluding hydrogens is 252 g/mol. The second kappa shape index (κ2) is 8.56. The van der Waals surface area contributed by atoms with Gasteiger partial charge in [-0.25, -0.2) is 0 Å². The lowest BCUT2D eigenvalue weighted by Gasteiger charge is -2.27. The highest BCUT2D eigenvalue weighted by Crippen LogP contribution is 2.37. The lowest BCUT2D eigenvalue weighted by atomic mass is 10.2. The molecule has 0 atom stereocenters. The van der Waals surface area contributed by atoms with E-state index >= 15 is 0 Å². The molecule has 0 heterocycles. The van der Waals surface area contributed by atoms with Crippen molar-refractivity contribution in [2.75, 3.05) is 37.9 Å². The predicted octanol–water partition coefficient (Wildman–Crippen LogP) is 3.69. The number of benzene rings is 1. The quantitative estimate of drug-likeness (QED) is 0.701. The van der Waals surface area contributed by atoms with E-state index in [-0.39, 0.29) is 0 Å². The largest absolute Gasteiger partial charge is 0.493 e. The van der Waals surface area contributed by atoms with Gasteiger partial charge in [0.05, 0.1) is 25.6 Å². The van der Waals surface area contributed by atoms with Crippen molar-refractivity contribution in [1.82, 2.24) is 0 Å². The van der Waals surface area contributed by atoms with Crippen molar-refractivity contribution in [3.05, 3.63) is 12.1 Å². The fraction of sp³-hybridized carbons (Fsp3) is 0.625. The third kappa shape index (κ3) is 4.22. The Morgan fingerprint density at radius 3 is 1.90 bits per heavy atom. The molecular formula is C16H28N2O2. The van der Waals surface area contributed by atoms with Crippen LogP contribution in [-0.4, -0.2) is 27.3 Å². The van der Waals surface area contributed by atoms with Crippen molar-refractivity contribution >= 4 is 11.4 Å². The molecule has 0 amide bonds. The fourth-order valence-corrected chi connectivity index (χ4v) is 2.21. The van der Waals surface area contributed by atoms with Crippen molar-refractivity contribution in [2.24, 2.45) is 0 Å². The molecule has 0 bridgehead atoms. The van der Waals surface area contributed by atoms with Crippen LogP contribution >= 0.6 is 0 Å². The third-order valence-corrected chi connectivity index (χ3v) is 3.44. The molecule has 0 aliphatic heterocycles. The summed E-state index contributed by atoms with van der Waals surface area (Å²) in [6, 6.07) is 3.83. The molecule has 4 nitrogen and oxygen atoms in total. The standard InChI is InChI=1S/C16H28N2O2/c1-5-7-9-18(10-8-6-2)14-12-16(20-4)15(19-3)11-13(14)17/h11-12H,5-10,17H2,1-4H3. The Labute approximate surface area is 122 Å². The van der Waals surface area contributed by atoms with Gasteiger partial charge in [0.1, 0.15) is 0 Å². The van der Waals surface area contributed by atoms with Crippen molar-refractivity contribution in [3.8, 4) is 11.5 Å². The Balaban J connectivity index is 3.04. The Morgan fingerprint density at radius 2 is 1.45 bits per heavy atom. The second-order valence-electron chi connectivity index (χ2n) is 4.96. The number of rotatable bonds is 9. The van der Waals surface area contributed by atoms with Gasteiger partial charge in [0.2, 0.25) is 0 Å². The molecule has 114 valence electrons. The van der Waals surface area contributed by atoms with E-state index in [2.05, 4.69) is 18.7 Å². The molecule has 0 spiro atoms. The number of nitrogens with zero attached hydrogens (tertiary/aromatic N) is 1. The van der Waals surface area contributed by atoms with Crippen molar-refractivity contribution in [3.63, 3.8) is 0 Å². The average Bonchev–Trinajstić information content (AvgIpc) is 2.47. The summed E-state index contributed by atoms with van der Waals surface area (Å²) in [5.41, 5.74) is 7.98. The van der Waals surface area contributed by atoms with Crippen molar-refractivity contribution in [1.29, 1.82) is 0 Å². The Morgan fingerprint density at radius 1 is 0.950 bits per heavy atom. The van der Waals surface area contributed by atoms with Gasteiger partial charge in [-0.15, -0.1) is 0 Å². The Hall–Kier alpha value is -1.58. The van der Waals surface area contributed by atoms with Crippen LogP contribution in [-0.2, 0) is 0 Å². The van der Waals surface area contributed by atoms with Crippen molar-refractivity contribution in [2.45, 2.75) is 39.5 Å². The van der Waals surface area contributed by atoms with Crippen molar-refractivity contribution < 1.29 is 9.47 Å². The predicted molar refractivity (Wildman–Crippen MR) is 86.0 cm³/mol. The molecule has 2 N–H and O–H groups in total. The minimum absolute atomic E-state index is 0.680. The van der Waals surface area contributed by atoms with Crippen LogP contribution in [0.2, 0.25) is 0 Å². The zero-order valence-corrected chi connectivity index (χ0v) is 13.2. The minimum atomic E-state index is 0.680. The van der Waals surface area contributed by atoms with Gasteiger partial charge < -0.3 is 20.1 Å². The molecule has 0 saturated carbocycles. The molecule has 1 aromatic rings. The van der Waals surface area contributed by atoms with Gasteiger partial charge in [-0.1, -0.05) is 26.7 Å². The molecule has 4 heteroatoms. The third-order valence-electron chi connectivity index (χ3n) is 3.44. The van der Waals surface area contributed by atoms with E-state index in [9.17, 15) is 0 Å². The van der Waals surface area contributed by atoms with E-state index in [0.717, 1.165) is 43.1 Å². The number of methoxy groups -OCH3 is 2. The Bertz CT molecular complexity index is 400. The van der Waals surface area contributed by atoms with Gasteiger partial charge in [-0.3, -0.25) is 0 Å². The zero-order valence-electron chi connectivity index (χ0n) is 13.2. The highest BCUT2D eigenvalue weighted by Gasteiger charge is 2.14. The van der Waals surface area contributed by atoms with Gasteiger partial charge in [0.25, 0.3) is 0 Å². The average molecular weight is 280 g/mol. The second-order valence-corrected chi connectivity index (χ2v) is 4.96. The number of anilines is 2. The summed E-state index contributed by atoms with van der Waals surface area (Å²) in [4.78, 5) is 2.35. The van der Waals surface area contributed by atoms with Gasteiger partial charge in [0, 0.05) is 25.2 Å². The smallest absolute Gasteiger partial charge is 0.162 e. The first-order chi connectivity index (χ1) is 9.67. The molecule has 1 rings (SSSR count). The summed E-state index contributed by atoms with van der Waals surface area (Å²) in [5.74, 6) is 1.41. The number of nitrogens with two attached hydrogens (primary N) is 1. The summed E-state index contributed by atoms with van der Waals surface area (Å²) in [7, 11) is 3.28. The number of ether oxygens (including phenoxy) is 2. The normalized spacial score (nSPS) is 10.4. The summed E-state index contributed by atoms with van der Waals surface area (Å²) >= 11 is 0. The molecule has 0 unspecified atom stereocenters. The molecule has 0 fully saturated rings. The fourth-order valence-electron chi connectivity index (χ4n) is 2.21. The van der Waals surface area contributed by atoms with Crippen LogP contribution in [0.25, 0.3) is 0 Å². The van der Waals surface area contributed by atoms with E-state index in [4.69, 9.17) is 15.2 Å². The molecule has 1 aromatic carbocycles. The first-order valence-corrected chi connectivity index (χ1v) is 7.44. The SMILES string of the molecule is CCCCN(CCCC)c1cc(OC)c(OC)cc1N. The lowest BCUT2D eigenvalue weighted by molar-refractivity contribution is 0.355. The first kappa shape index (κ1) is 16.5. The van der Waals surface area contributed by atoms with Crippen LogP contribution in [0.5, 0.6) is 11.5 Å². The van der Waals surface area contributed by atoms with E-state index in [1.54, 1.807) is 14.2 Å². The highest BCUT2D eigenvalue weighted by molar-refractivity contribution is 5.73. The van der Waals surface area contributed by atoms with E-state index < -0.39 is 0 Å². The maximum Gasteiger partial charge on any atom is 0.162 e.